The Kier molecular flexibility index (Phi) is 4.29. The van der Waals surface area contributed by atoms with Crippen LogP contribution in [0.15, 0.2) is 48.7 Å². The molecule has 1 fully saturated rings. The topological polar surface area (TPSA) is 71.1 Å². The van der Waals surface area contributed by atoms with Crippen LogP contribution in [-0.2, 0) is 0 Å². The number of hydrogen-bond acceptors (Lipinski definition) is 3. The lowest BCUT2D eigenvalue weighted by Crippen LogP contribution is -2.26. The number of pyridine rings is 1. The van der Waals surface area contributed by atoms with Crippen molar-refractivity contribution in [3.63, 3.8) is 0 Å². The van der Waals surface area contributed by atoms with Gasteiger partial charge in [0.05, 0.1) is 11.3 Å². The standard InChI is InChI=1S/C21H21N3O2/c1-13-2-5-15(21(26)24-17-7-8-17)10-18(13)19-9-6-16(12-22-19)20(25)23-11-14-3-4-14/h2-6,9-10,12,14,17H,7-8,11H2,1H3,(H,23,25)(H,24,26). The highest BCUT2D eigenvalue weighted by atomic mass is 16.2. The molecule has 2 aliphatic rings. The normalized spacial score (nSPS) is 15.6. The van der Waals surface area contributed by atoms with Crippen LogP contribution in [0, 0.1) is 12.8 Å². The number of amides is 2. The first kappa shape index (κ1) is 16.5. The molecule has 0 unspecified atom stereocenters. The van der Waals surface area contributed by atoms with Crippen molar-refractivity contribution in [3.05, 3.63) is 65.4 Å². The molecule has 26 heavy (non-hydrogen) atoms. The second kappa shape index (κ2) is 6.75. The molecule has 2 amide bonds. The van der Waals surface area contributed by atoms with Gasteiger partial charge in [-0.25, -0.2) is 0 Å². The highest BCUT2D eigenvalue weighted by Crippen LogP contribution is 2.24. The van der Waals surface area contributed by atoms with Crippen molar-refractivity contribution in [2.24, 2.45) is 5.92 Å². The number of rotatable bonds is 6. The zero-order chi connectivity index (χ0) is 18.1. The van der Waals surface area contributed by atoms with Crippen molar-refractivity contribution in [3.8, 4) is 11.3 Å². The van der Waals surface area contributed by atoms with E-state index in [2.05, 4.69) is 27.8 Å². The Morgan fingerprint density at radius 3 is 2.50 bits per heavy atom. The second-order valence-electron chi connectivity index (χ2n) is 6.97. The van der Waals surface area contributed by atoms with Gasteiger partial charge in [-0.1, -0.05) is 18.2 Å². The van der Waals surface area contributed by atoms with E-state index in [0.29, 0.717) is 29.6 Å². The Labute approximate surface area is 152 Å². The molecular weight excluding hydrogens is 326 g/mol. The zero-order valence-corrected chi connectivity index (χ0v) is 14.7. The summed E-state index contributed by atoms with van der Waals surface area (Å²) in [4.78, 5) is 28.8. The molecule has 0 atom stereocenters. The number of carbonyl (C=O) groups is 2. The fourth-order valence-electron chi connectivity index (χ4n) is 2.75. The minimum Gasteiger partial charge on any atom is -0.351 e. The van der Waals surface area contributed by atoms with Gasteiger partial charge in [-0.15, -0.1) is 0 Å². The van der Waals surface area contributed by atoms with Crippen LogP contribution in [0.5, 0.6) is 0 Å². The first-order valence-corrected chi connectivity index (χ1v) is 8.94. The third-order valence-electron chi connectivity index (χ3n) is 4.68. The van der Waals surface area contributed by atoms with E-state index in [4.69, 9.17) is 0 Å². The van der Waals surface area contributed by atoms with Gasteiger partial charge in [0, 0.05) is 35.8 Å². The van der Waals surface area contributed by atoms with E-state index >= 15 is 0 Å². The van der Waals surface area contributed by atoms with Crippen LogP contribution in [0.25, 0.3) is 11.3 Å². The third kappa shape index (κ3) is 3.82. The quantitative estimate of drug-likeness (QED) is 0.790. The van der Waals surface area contributed by atoms with Crippen molar-refractivity contribution >= 4 is 11.8 Å². The summed E-state index contributed by atoms with van der Waals surface area (Å²) in [5.41, 5.74) is 3.87. The number of aryl methyl sites for hydroxylation is 1. The Morgan fingerprint density at radius 1 is 1.08 bits per heavy atom. The summed E-state index contributed by atoms with van der Waals surface area (Å²) >= 11 is 0. The van der Waals surface area contributed by atoms with Crippen molar-refractivity contribution in [1.82, 2.24) is 15.6 Å². The molecule has 0 bridgehead atoms. The molecule has 5 nitrogen and oxygen atoms in total. The molecule has 0 saturated heterocycles. The molecule has 2 aromatic rings. The maximum Gasteiger partial charge on any atom is 0.252 e. The van der Waals surface area contributed by atoms with Crippen molar-refractivity contribution in [2.75, 3.05) is 6.54 Å². The van der Waals surface area contributed by atoms with Crippen LogP contribution in [0.4, 0.5) is 0 Å². The molecule has 1 heterocycles. The Bertz CT molecular complexity index is 877. The molecule has 1 aromatic carbocycles. The van der Waals surface area contributed by atoms with Gasteiger partial charge < -0.3 is 10.6 Å². The zero-order valence-electron chi connectivity index (χ0n) is 14.7. The number of hydrogen-bond donors (Lipinski definition) is 2. The van der Waals surface area contributed by atoms with E-state index < -0.39 is 0 Å². The monoisotopic (exact) mass is 347 g/mol. The summed E-state index contributed by atoms with van der Waals surface area (Å²) in [6, 6.07) is 9.57. The molecule has 4 rings (SSSR count). The van der Waals surface area contributed by atoms with Crippen LogP contribution < -0.4 is 10.6 Å². The van der Waals surface area contributed by atoms with Gasteiger partial charge in [0.15, 0.2) is 0 Å². The molecule has 0 spiro atoms. The number of nitrogens with one attached hydrogen (secondary N) is 2. The lowest BCUT2D eigenvalue weighted by Gasteiger charge is -2.10. The Hall–Kier alpha value is -2.95. The number of aromatic nitrogens is 1. The van der Waals surface area contributed by atoms with E-state index in [1.54, 1.807) is 12.3 Å². The van der Waals surface area contributed by atoms with Crippen LogP contribution >= 0.6 is 0 Å². The van der Waals surface area contributed by atoms with Crippen molar-refractivity contribution < 1.29 is 9.59 Å². The maximum absolute atomic E-state index is 12.3. The Balaban J connectivity index is 1.50. The van der Waals surface area contributed by atoms with Gasteiger partial charge in [-0.05, 0) is 49.6 Å². The summed E-state index contributed by atoms with van der Waals surface area (Å²) < 4.78 is 0. The smallest absolute Gasteiger partial charge is 0.252 e. The van der Waals surface area contributed by atoms with Crippen LogP contribution in [0.1, 0.15) is 39.1 Å². The first-order chi connectivity index (χ1) is 12.6. The molecule has 0 radical (unpaired) electrons. The second-order valence-corrected chi connectivity index (χ2v) is 6.97. The van der Waals surface area contributed by atoms with Crippen LogP contribution in [0.2, 0.25) is 0 Å². The van der Waals surface area contributed by atoms with Gasteiger partial charge in [0.25, 0.3) is 11.8 Å². The minimum absolute atomic E-state index is 0.0431. The maximum atomic E-state index is 12.3. The Morgan fingerprint density at radius 2 is 1.85 bits per heavy atom. The summed E-state index contributed by atoms with van der Waals surface area (Å²) in [6.45, 7) is 2.63. The predicted octanol–water partition coefficient (Wildman–Crippen LogP) is 2.87. The third-order valence-corrected chi connectivity index (χ3v) is 4.68. The van der Waals surface area contributed by atoms with Crippen LogP contribution in [0.3, 0.4) is 0 Å². The fraction of sp³-hybridized carbons (Fsp3) is 0.286. The molecular formula is C21H21N3O2. The molecule has 1 aromatic heterocycles. The molecule has 2 N–H and O–H groups in total. The molecule has 2 aliphatic carbocycles. The van der Waals surface area contributed by atoms with E-state index in [1.807, 2.05) is 31.2 Å². The summed E-state index contributed by atoms with van der Waals surface area (Å²) in [5.74, 6) is 0.240. The summed E-state index contributed by atoms with van der Waals surface area (Å²) in [7, 11) is 0. The largest absolute Gasteiger partial charge is 0.351 e. The van der Waals surface area contributed by atoms with Gasteiger partial charge in [0.2, 0.25) is 0 Å². The molecule has 1 saturated carbocycles. The molecule has 132 valence electrons. The van der Waals surface area contributed by atoms with Crippen molar-refractivity contribution in [2.45, 2.75) is 25.8 Å². The predicted molar refractivity (Wildman–Crippen MR) is 99.9 cm³/mol. The summed E-state index contributed by atoms with van der Waals surface area (Å²) in [6.07, 6.45) is 7.81. The highest BCUT2D eigenvalue weighted by molar-refractivity contribution is 5.96. The molecule has 5 heteroatoms. The summed E-state index contributed by atoms with van der Waals surface area (Å²) in [5, 5.41) is 5.89. The lowest BCUT2D eigenvalue weighted by molar-refractivity contribution is 0.0943. The number of benzene rings is 1. The van der Waals surface area contributed by atoms with E-state index in [1.165, 1.54) is 0 Å². The molecule has 0 aliphatic heterocycles. The minimum atomic E-state index is -0.118. The van der Waals surface area contributed by atoms with E-state index in [-0.39, 0.29) is 11.8 Å². The first-order valence-electron chi connectivity index (χ1n) is 8.94. The van der Waals surface area contributed by atoms with Crippen molar-refractivity contribution in [1.29, 1.82) is 0 Å². The van der Waals surface area contributed by atoms with Gasteiger partial charge in [-0.2, -0.15) is 0 Å². The average molecular weight is 347 g/mol. The van der Waals surface area contributed by atoms with Gasteiger partial charge in [0.1, 0.15) is 0 Å². The van der Waals surface area contributed by atoms with Crippen LogP contribution in [-0.4, -0.2) is 29.4 Å². The van der Waals surface area contributed by atoms with E-state index in [9.17, 15) is 9.59 Å². The number of nitrogens with zero attached hydrogens (tertiary/aromatic N) is 1. The highest BCUT2D eigenvalue weighted by Gasteiger charge is 2.24. The van der Waals surface area contributed by atoms with Gasteiger partial charge >= 0.3 is 0 Å². The van der Waals surface area contributed by atoms with E-state index in [0.717, 1.165) is 29.7 Å². The lowest BCUT2D eigenvalue weighted by atomic mass is 10.0. The van der Waals surface area contributed by atoms with Gasteiger partial charge in [-0.3, -0.25) is 14.6 Å². The number of carbonyl (C=O) groups excluding carboxylic acids is 2. The fourth-order valence-corrected chi connectivity index (χ4v) is 2.75. The average Bonchev–Trinajstić information content (AvgIpc) is 3.55. The SMILES string of the molecule is Cc1ccc(C(=O)NC2CC2)cc1-c1ccc(C(=O)NCC2C=C2)cn1.